The number of aromatic nitrogens is 6. The summed E-state index contributed by atoms with van der Waals surface area (Å²) in [5.41, 5.74) is 1.30. The van der Waals surface area contributed by atoms with E-state index in [9.17, 15) is 8.78 Å². The molecule has 11 heteroatoms. The van der Waals surface area contributed by atoms with Crippen LogP contribution in [-0.2, 0) is 4.74 Å². The predicted octanol–water partition coefficient (Wildman–Crippen LogP) is 2.10. The normalized spacial score (nSPS) is 16.2. The van der Waals surface area contributed by atoms with Crippen molar-refractivity contribution < 1.29 is 18.3 Å². The van der Waals surface area contributed by atoms with Crippen molar-refractivity contribution in [3.63, 3.8) is 0 Å². The van der Waals surface area contributed by atoms with E-state index in [1.165, 1.54) is 12.3 Å². The number of hydrogen-bond acceptors (Lipinski definition) is 7. The molecule has 0 aromatic carbocycles. The van der Waals surface area contributed by atoms with Gasteiger partial charge in [0.15, 0.2) is 11.5 Å². The summed E-state index contributed by atoms with van der Waals surface area (Å²) in [5, 5.41) is 13.5. The van der Waals surface area contributed by atoms with Crippen LogP contribution in [0.1, 0.15) is 13.0 Å². The Morgan fingerprint density at radius 2 is 2.24 bits per heavy atom. The average molecular weight is 351 g/mol. The molecule has 1 atom stereocenters. The van der Waals surface area contributed by atoms with Crippen LogP contribution in [0.25, 0.3) is 11.2 Å². The number of anilines is 2. The van der Waals surface area contributed by atoms with Gasteiger partial charge in [0, 0.05) is 12.0 Å². The third kappa shape index (κ3) is 3.09. The molecular formula is C14H15F2N7O2. The molecule has 0 radical (unpaired) electrons. The van der Waals surface area contributed by atoms with E-state index in [0.29, 0.717) is 41.9 Å². The minimum atomic E-state index is -2.93. The molecule has 0 spiro atoms. The minimum absolute atomic E-state index is 0.133. The van der Waals surface area contributed by atoms with Gasteiger partial charge >= 0.3 is 6.61 Å². The molecule has 0 saturated carbocycles. The van der Waals surface area contributed by atoms with Crippen LogP contribution in [-0.4, -0.2) is 49.8 Å². The van der Waals surface area contributed by atoms with Gasteiger partial charge in [-0.3, -0.25) is 5.10 Å². The topological polar surface area (TPSA) is 103 Å². The number of hydrogen-bond donors (Lipinski definition) is 2. The number of H-pyrrole nitrogens is 1. The molecule has 25 heavy (non-hydrogen) atoms. The smallest absolute Gasteiger partial charge is 0.388 e. The second kappa shape index (κ2) is 6.24. The van der Waals surface area contributed by atoms with Crippen LogP contribution in [0.4, 0.5) is 20.4 Å². The highest BCUT2D eigenvalue weighted by molar-refractivity contribution is 5.72. The van der Waals surface area contributed by atoms with Crippen LogP contribution < -0.4 is 10.1 Å². The number of aromatic amines is 1. The molecule has 9 nitrogen and oxygen atoms in total. The average Bonchev–Trinajstić information content (AvgIpc) is 3.11. The van der Waals surface area contributed by atoms with Gasteiger partial charge in [-0.25, -0.2) is 14.6 Å². The Labute approximate surface area is 140 Å². The van der Waals surface area contributed by atoms with Crippen molar-refractivity contribution in [1.82, 2.24) is 29.9 Å². The molecule has 4 heterocycles. The van der Waals surface area contributed by atoms with E-state index >= 15 is 0 Å². The number of rotatable bonds is 6. The van der Waals surface area contributed by atoms with Crippen LogP contribution in [0, 0.1) is 5.92 Å². The van der Waals surface area contributed by atoms with Crippen LogP contribution in [0.2, 0.25) is 0 Å². The third-order valence-electron chi connectivity index (χ3n) is 4.06. The SMILES string of the molecule is CC(C1COC1)n1ncc2ncc(Nc3cc(OC(F)F)n[nH]3)nc21. The van der Waals surface area contributed by atoms with Gasteiger partial charge in [0.05, 0.1) is 31.6 Å². The van der Waals surface area contributed by atoms with Gasteiger partial charge in [-0.05, 0) is 6.92 Å². The van der Waals surface area contributed by atoms with E-state index in [4.69, 9.17) is 4.74 Å². The Kier molecular flexibility index (Phi) is 3.92. The highest BCUT2D eigenvalue weighted by atomic mass is 19.3. The first-order chi connectivity index (χ1) is 12.1. The molecule has 0 amide bonds. The molecule has 1 unspecified atom stereocenters. The first-order valence-electron chi connectivity index (χ1n) is 7.65. The largest absolute Gasteiger partial charge is 0.415 e. The summed E-state index contributed by atoms with van der Waals surface area (Å²) >= 11 is 0. The highest BCUT2D eigenvalue weighted by Gasteiger charge is 2.28. The molecule has 0 bridgehead atoms. The number of alkyl halides is 2. The number of nitrogens with one attached hydrogen (secondary N) is 2. The lowest BCUT2D eigenvalue weighted by Crippen LogP contribution is -2.34. The Bertz CT molecular complexity index is 877. The number of halogens is 2. The van der Waals surface area contributed by atoms with Gasteiger partial charge < -0.3 is 14.8 Å². The fourth-order valence-corrected chi connectivity index (χ4v) is 2.57. The summed E-state index contributed by atoms with van der Waals surface area (Å²) in [6.07, 6.45) is 3.19. The lowest BCUT2D eigenvalue weighted by Gasteiger charge is -2.31. The zero-order valence-electron chi connectivity index (χ0n) is 13.2. The molecule has 4 rings (SSSR count). The fourth-order valence-electron chi connectivity index (χ4n) is 2.57. The molecule has 2 N–H and O–H groups in total. The molecule has 3 aromatic rings. The van der Waals surface area contributed by atoms with Gasteiger partial charge in [0.2, 0.25) is 5.88 Å². The first-order valence-corrected chi connectivity index (χ1v) is 7.65. The van der Waals surface area contributed by atoms with Crippen LogP contribution in [0.5, 0.6) is 5.88 Å². The van der Waals surface area contributed by atoms with Crippen molar-refractivity contribution in [2.45, 2.75) is 19.6 Å². The number of fused-ring (bicyclic) bond motifs is 1. The van der Waals surface area contributed by atoms with Crippen molar-refractivity contribution in [3.05, 3.63) is 18.5 Å². The molecule has 1 saturated heterocycles. The van der Waals surface area contributed by atoms with Crippen molar-refractivity contribution in [1.29, 1.82) is 0 Å². The van der Waals surface area contributed by atoms with Crippen LogP contribution in [0.15, 0.2) is 18.5 Å². The van der Waals surface area contributed by atoms with Crippen LogP contribution >= 0.6 is 0 Å². The maximum Gasteiger partial charge on any atom is 0.388 e. The van der Waals surface area contributed by atoms with Crippen molar-refractivity contribution >= 4 is 22.8 Å². The van der Waals surface area contributed by atoms with E-state index in [-0.39, 0.29) is 11.9 Å². The van der Waals surface area contributed by atoms with Crippen LogP contribution in [0.3, 0.4) is 0 Å². The van der Waals surface area contributed by atoms with Gasteiger partial charge in [0.1, 0.15) is 11.3 Å². The molecule has 1 fully saturated rings. The van der Waals surface area contributed by atoms with Gasteiger partial charge in [-0.15, -0.1) is 5.10 Å². The Hall–Kier alpha value is -2.82. The summed E-state index contributed by atoms with van der Waals surface area (Å²) < 4.78 is 35.6. The Balaban J connectivity index is 1.56. The molecular weight excluding hydrogens is 336 g/mol. The first kappa shape index (κ1) is 15.7. The summed E-state index contributed by atoms with van der Waals surface area (Å²) in [7, 11) is 0. The van der Waals surface area contributed by atoms with E-state index in [1.807, 2.05) is 4.68 Å². The van der Waals surface area contributed by atoms with Crippen molar-refractivity contribution in [2.75, 3.05) is 18.5 Å². The summed E-state index contributed by atoms with van der Waals surface area (Å²) in [6, 6.07) is 1.44. The number of ether oxygens (including phenoxy) is 2. The monoisotopic (exact) mass is 351 g/mol. The quantitative estimate of drug-likeness (QED) is 0.701. The minimum Gasteiger partial charge on any atom is -0.415 e. The third-order valence-corrected chi connectivity index (χ3v) is 4.06. The summed E-state index contributed by atoms with van der Waals surface area (Å²) in [4.78, 5) is 8.83. The van der Waals surface area contributed by atoms with Gasteiger partial charge in [-0.2, -0.15) is 13.9 Å². The lowest BCUT2D eigenvalue weighted by molar-refractivity contribution is -0.0548. The number of nitrogens with zero attached hydrogens (tertiary/aromatic N) is 5. The van der Waals surface area contributed by atoms with E-state index in [0.717, 1.165) is 0 Å². The van der Waals surface area contributed by atoms with Crippen molar-refractivity contribution in [3.8, 4) is 5.88 Å². The van der Waals surface area contributed by atoms with Crippen molar-refractivity contribution in [2.24, 2.45) is 5.92 Å². The van der Waals surface area contributed by atoms with Gasteiger partial charge in [-0.1, -0.05) is 0 Å². The molecule has 3 aromatic heterocycles. The maximum absolute atomic E-state index is 12.2. The molecule has 1 aliphatic rings. The standard InChI is InChI=1S/C14H15F2N7O2/c1-7(8-5-24-6-8)23-13-9(3-18-23)17-4-11(20-13)19-10-2-12(22-21-10)25-14(15)16/h2-4,7-8,14H,5-6H2,1H3,(H2,19,20,21,22). The fraction of sp³-hybridized carbons (Fsp3) is 0.429. The van der Waals surface area contributed by atoms with E-state index in [2.05, 4.69) is 42.2 Å². The maximum atomic E-state index is 12.2. The zero-order chi connectivity index (χ0) is 17.4. The summed E-state index contributed by atoms with van der Waals surface area (Å²) in [6.45, 7) is 0.535. The van der Waals surface area contributed by atoms with E-state index < -0.39 is 6.61 Å². The summed E-state index contributed by atoms with van der Waals surface area (Å²) in [5.74, 6) is 0.965. The lowest BCUT2D eigenvalue weighted by atomic mass is 10.0. The zero-order valence-corrected chi connectivity index (χ0v) is 13.2. The van der Waals surface area contributed by atoms with E-state index in [1.54, 1.807) is 6.20 Å². The predicted molar refractivity (Wildman–Crippen MR) is 82.8 cm³/mol. The molecule has 1 aliphatic heterocycles. The molecule has 132 valence electrons. The second-order valence-corrected chi connectivity index (χ2v) is 5.71. The van der Waals surface area contributed by atoms with Gasteiger partial charge in [0.25, 0.3) is 0 Å². The highest BCUT2D eigenvalue weighted by Crippen LogP contribution is 2.27. The Morgan fingerprint density at radius 1 is 1.40 bits per heavy atom. The second-order valence-electron chi connectivity index (χ2n) is 5.71. The Morgan fingerprint density at radius 3 is 2.96 bits per heavy atom. The molecule has 0 aliphatic carbocycles.